The highest BCUT2D eigenvalue weighted by atomic mass is 19.1. The van der Waals surface area contributed by atoms with E-state index in [0.29, 0.717) is 28.7 Å². The lowest BCUT2D eigenvalue weighted by atomic mass is 10.0. The third kappa shape index (κ3) is 4.34. The molecule has 0 saturated carbocycles. The third-order valence-corrected chi connectivity index (χ3v) is 6.30. The molecule has 8 nitrogen and oxygen atoms in total. The summed E-state index contributed by atoms with van der Waals surface area (Å²) in [5.41, 5.74) is 8.66. The molecule has 0 bridgehead atoms. The van der Waals surface area contributed by atoms with Gasteiger partial charge in [-0.15, -0.1) is 0 Å². The quantitative estimate of drug-likeness (QED) is 0.654. The average Bonchev–Trinajstić information content (AvgIpc) is 3.39. The van der Waals surface area contributed by atoms with E-state index in [1.54, 1.807) is 24.7 Å². The van der Waals surface area contributed by atoms with Crippen LogP contribution in [0.2, 0.25) is 0 Å². The Bertz CT molecular complexity index is 1180. The van der Waals surface area contributed by atoms with Gasteiger partial charge in [-0.05, 0) is 37.8 Å². The molecule has 3 aromatic rings. The molecule has 33 heavy (non-hydrogen) atoms. The highest BCUT2D eigenvalue weighted by Gasteiger charge is 2.22. The maximum Gasteiger partial charge on any atom is 0.225 e. The van der Waals surface area contributed by atoms with Crippen molar-refractivity contribution in [2.75, 3.05) is 36.0 Å². The summed E-state index contributed by atoms with van der Waals surface area (Å²) in [6.45, 7) is 3.48. The van der Waals surface area contributed by atoms with Crippen LogP contribution in [0.5, 0.6) is 0 Å². The summed E-state index contributed by atoms with van der Waals surface area (Å²) in [6, 6.07) is 6.59. The first kappa shape index (κ1) is 21.2. The largest absolute Gasteiger partial charge is 0.341 e. The number of nitrogens with zero attached hydrogens (tertiary/aromatic N) is 7. The van der Waals surface area contributed by atoms with Crippen molar-refractivity contribution < 1.29 is 4.39 Å². The summed E-state index contributed by atoms with van der Waals surface area (Å²) in [7, 11) is 0. The highest BCUT2D eigenvalue weighted by Crippen LogP contribution is 2.32. The lowest BCUT2D eigenvalue weighted by Crippen LogP contribution is -2.40. The van der Waals surface area contributed by atoms with Crippen LogP contribution >= 0.6 is 0 Å². The van der Waals surface area contributed by atoms with Crippen LogP contribution in [0.3, 0.4) is 0 Å². The zero-order valence-corrected chi connectivity index (χ0v) is 18.3. The Balaban J connectivity index is 1.55. The molecule has 1 aromatic carbocycles. The Morgan fingerprint density at radius 3 is 2.24 bits per heavy atom. The zero-order valence-electron chi connectivity index (χ0n) is 18.3. The smallest absolute Gasteiger partial charge is 0.225 e. The van der Waals surface area contributed by atoms with Gasteiger partial charge in [0.1, 0.15) is 11.9 Å². The second-order valence-corrected chi connectivity index (χ2v) is 8.53. The number of benzene rings is 1. The van der Waals surface area contributed by atoms with Gasteiger partial charge in [-0.2, -0.15) is 5.26 Å². The van der Waals surface area contributed by atoms with Gasteiger partial charge in [-0.3, -0.25) is 0 Å². The van der Waals surface area contributed by atoms with Crippen molar-refractivity contribution in [2.45, 2.75) is 31.7 Å². The molecule has 0 aliphatic carbocycles. The first-order valence-electron chi connectivity index (χ1n) is 11.3. The Kier molecular flexibility index (Phi) is 5.84. The molecule has 2 aliphatic heterocycles. The fourth-order valence-corrected chi connectivity index (χ4v) is 4.35. The van der Waals surface area contributed by atoms with Gasteiger partial charge in [0.05, 0.1) is 11.3 Å². The fraction of sp³-hybridized carbons (Fsp3) is 0.375. The van der Waals surface area contributed by atoms with Crippen LogP contribution < -0.4 is 15.5 Å². The predicted molar refractivity (Wildman–Crippen MR) is 124 cm³/mol. The van der Waals surface area contributed by atoms with Gasteiger partial charge in [0, 0.05) is 67.5 Å². The van der Waals surface area contributed by atoms with E-state index in [1.807, 2.05) is 6.07 Å². The second kappa shape index (κ2) is 9.08. The molecule has 168 valence electrons. The molecule has 2 N–H and O–H groups in total. The minimum atomic E-state index is -0.578. The average molecular weight is 445 g/mol. The van der Waals surface area contributed by atoms with Gasteiger partial charge in [0.25, 0.3) is 0 Å². The Labute approximate surface area is 191 Å². The summed E-state index contributed by atoms with van der Waals surface area (Å²) >= 11 is 0. The van der Waals surface area contributed by atoms with E-state index in [4.69, 9.17) is 16.0 Å². The van der Waals surface area contributed by atoms with Crippen LogP contribution in [-0.2, 0) is 0 Å². The maximum atomic E-state index is 14.5. The zero-order chi connectivity index (χ0) is 22.8. The van der Waals surface area contributed by atoms with E-state index < -0.39 is 5.82 Å². The summed E-state index contributed by atoms with van der Waals surface area (Å²) < 4.78 is 14.5. The van der Waals surface area contributed by atoms with E-state index >= 15 is 0 Å². The monoisotopic (exact) mass is 444 g/mol. The van der Waals surface area contributed by atoms with E-state index in [2.05, 4.69) is 24.8 Å². The van der Waals surface area contributed by atoms with Gasteiger partial charge in [-0.25, -0.2) is 24.3 Å². The first-order chi connectivity index (χ1) is 16.1. The molecule has 0 spiro atoms. The number of hydrogen-bond donors (Lipinski definition) is 1. The maximum absolute atomic E-state index is 14.5. The van der Waals surface area contributed by atoms with Gasteiger partial charge >= 0.3 is 0 Å². The van der Waals surface area contributed by atoms with Gasteiger partial charge < -0.3 is 15.5 Å². The molecule has 2 saturated heterocycles. The number of rotatable bonds is 4. The minimum Gasteiger partial charge on any atom is -0.341 e. The van der Waals surface area contributed by atoms with Crippen LogP contribution in [0.25, 0.3) is 22.4 Å². The number of nitriles is 1. The van der Waals surface area contributed by atoms with Crippen molar-refractivity contribution in [3.05, 3.63) is 48.2 Å². The lowest BCUT2D eigenvalue weighted by Gasteiger charge is -2.30. The number of piperidine rings is 1. The van der Waals surface area contributed by atoms with Crippen molar-refractivity contribution in [3.8, 4) is 28.5 Å². The standard InChI is InChI=1S/C24H25FN8/c25-21-11-16(3-4-17(21)12-26)22-20(15-30-24(31-22)33-9-5-19(27)6-10-33)18-13-28-23(29-14-18)32-7-1-2-8-32/h3-4,11,13-15,19H,1-2,5-10,27H2. The number of aromatic nitrogens is 4. The van der Waals surface area contributed by atoms with Crippen molar-refractivity contribution >= 4 is 11.9 Å². The molecule has 0 radical (unpaired) electrons. The van der Waals surface area contributed by atoms with E-state index in [0.717, 1.165) is 57.4 Å². The molecule has 2 aromatic heterocycles. The number of hydrogen-bond acceptors (Lipinski definition) is 8. The third-order valence-electron chi connectivity index (χ3n) is 6.30. The lowest BCUT2D eigenvalue weighted by molar-refractivity contribution is 0.495. The van der Waals surface area contributed by atoms with Crippen molar-refractivity contribution in [1.82, 2.24) is 19.9 Å². The molecule has 4 heterocycles. The Morgan fingerprint density at radius 1 is 0.909 bits per heavy atom. The topological polar surface area (TPSA) is 108 Å². The molecule has 2 aliphatic rings. The molecular formula is C24H25FN8. The van der Waals surface area contributed by atoms with Crippen LogP contribution in [0.4, 0.5) is 16.3 Å². The van der Waals surface area contributed by atoms with Gasteiger partial charge in [0.2, 0.25) is 11.9 Å². The minimum absolute atomic E-state index is 0.00195. The molecule has 0 atom stereocenters. The summed E-state index contributed by atoms with van der Waals surface area (Å²) in [4.78, 5) is 22.8. The van der Waals surface area contributed by atoms with Gasteiger partial charge in [0.15, 0.2) is 0 Å². The molecule has 5 rings (SSSR count). The number of halogens is 1. The Hall–Kier alpha value is -3.64. The number of anilines is 2. The van der Waals surface area contributed by atoms with Crippen molar-refractivity contribution in [3.63, 3.8) is 0 Å². The van der Waals surface area contributed by atoms with Crippen LogP contribution in [-0.4, -0.2) is 52.2 Å². The number of nitrogens with two attached hydrogens (primary N) is 1. The summed E-state index contributed by atoms with van der Waals surface area (Å²) in [5.74, 6) is 0.718. The molecule has 0 amide bonds. The molecule has 9 heteroatoms. The Morgan fingerprint density at radius 2 is 1.58 bits per heavy atom. The molecule has 2 fully saturated rings. The highest BCUT2D eigenvalue weighted by molar-refractivity contribution is 5.80. The SMILES string of the molecule is N#Cc1ccc(-c2nc(N3CCC(N)CC3)ncc2-c2cnc(N3CCCC3)nc2)cc1F. The van der Waals surface area contributed by atoms with E-state index in [-0.39, 0.29) is 11.6 Å². The second-order valence-electron chi connectivity index (χ2n) is 8.53. The molecule has 0 unspecified atom stereocenters. The fourth-order valence-electron chi connectivity index (χ4n) is 4.35. The van der Waals surface area contributed by atoms with E-state index in [1.165, 1.54) is 12.1 Å². The van der Waals surface area contributed by atoms with Crippen molar-refractivity contribution in [1.29, 1.82) is 5.26 Å². The van der Waals surface area contributed by atoms with Crippen LogP contribution in [0.1, 0.15) is 31.2 Å². The molecular weight excluding hydrogens is 419 g/mol. The summed E-state index contributed by atoms with van der Waals surface area (Å²) in [6.07, 6.45) is 9.32. The first-order valence-corrected chi connectivity index (χ1v) is 11.3. The van der Waals surface area contributed by atoms with Crippen LogP contribution in [0.15, 0.2) is 36.8 Å². The van der Waals surface area contributed by atoms with Gasteiger partial charge in [-0.1, -0.05) is 6.07 Å². The van der Waals surface area contributed by atoms with Crippen LogP contribution in [0, 0.1) is 17.1 Å². The normalized spacial score (nSPS) is 16.8. The van der Waals surface area contributed by atoms with Crippen molar-refractivity contribution in [2.24, 2.45) is 5.73 Å². The summed E-state index contributed by atoms with van der Waals surface area (Å²) in [5, 5.41) is 9.11. The predicted octanol–water partition coefficient (Wildman–Crippen LogP) is 3.14. The van der Waals surface area contributed by atoms with E-state index in [9.17, 15) is 4.39 Å².